The highest BCUT2D eigenvalue weighted by atomic mass is 19.1. The number of ether oxygens (including phenoxy) is 1. The lowest BCUT2D eigenvalue weighted by Gasteiger charge is -2.42. The first-order valence-corrected chi connectivity index (χ1v) is 14.6. The highest BCUT2D eigenvalue weighted by molar-refractivity contribution is 6.14. The quantitative estimate of drug-likeness (QED) is 0.163. The summed E-state index contributed by atoms with van der Waals surface area (Å²) in [5.74, 6) is -1.12. The van der Waals surface area contributed by atoms with Crippen molar-refractivity contribution in [2.45, 2.75) is 78.9 Å². The summed E-state index contributed by atoms with van der Waals surface area (Å²) < 4.78 is 33.0. The fourth-order valence-electron chi connectivity index (χ4n) is 5.30. The van der Waals surface area contributed by atoms with Crippen LogP contribution in [-0.2, 0) is 11.2 Å². The Bertz CT molecular complexity index is 1310. The molecule has 0 radical (unpaired) electrons. The zero-order valence-electron chi connectivity index (χ0n) is 25.8. The summed E-state index contributed by atoms with van der Waals surface area (Å²) in [7, 11) is 0. The van der Waals surface area contributed by atoms with E-state index in [1.54, 1.807) is 23.5 Å². The third kappa shape index (κ3) is 9.10. The van der Waals surface area contributed by atoms with Gasteiger partial charge in [0.15, 0.2) is 0 Å². The number of carbonyl (C=O) groups is 1. The molecule has 226 valence electrons. The van der Waals surface area contributed by atoms with Crippen LogP contribution in [0.1, 0.15) is 71.9 Å². The first kappa shape index (κ1) is 32.7. The summed E-state index contributed by atoms with van der Waals surface area (Å²) in [6.45, 7) is 17.5. The zero-order chi connectivity index (χ0) is 30.9. The Morgan fingerprint density at radius 2 is 1.81 bits per heavy atom. The highest BCUT2D eigenvalue weighted by Crippen LogP contribution is 2.31. The summed E-state index contributed by atoms with van der Waals surface area (Å²) in [6.07, 6.45) is 9.65. The summed E-state index contributed by atoms with van der Waals surface area (Å²) in [6, 6.07) is 7.58. The Kier molecular flexibility index (Phi) is 11.6. The Morgan fingerprint density at radius 1 is 1.14 bits per heavy atom. The van der Waals surface area contributed by atoms with Crippen LogP contribution in [0, 0.1) is 11.6 Å². The molecule has 8 heteroatoms. The van der Waals surface area contributed by atoms with Gasteiger partial charge in [0, 0.05) is 67.3 Å². The maximum atomic E-state index is 13.7. The predicted octanol–water partition coefficient (Wildman–Crippen LogP) is 7.98. The zero-order valence-corrected chi connectivity index (χ0v) is 25.8. The van der Waals surface area contributed by atoms with Gasteiger partial charge in [0.1, 0.15) is 17.2 Å². The molecule has 1 unspecified atom stereocenters. The first-order chi connectivity index (χ1) is 19.9. The molecular weight excluding hydrogens is 534 g/mol. The van der Waals surface area contributed by atoms with Crippen molar-refractivity contribution in [2.75, 3.05) is 19.6 Å². The molecule has 1 aromatic heterocycles. The molecule has 2 heterocycles. The number of piperazine rings is 1. The molecule has 0 N–H and O–H groups in total. The van der Waals surface area contributed by atoms with Crippen molar-refractivity contribution in [1.29, 1.82) is 0 Å². The number of nitrogens with zero attached hydrogens (tertiary/aromatic N) is 4. The van der Waals surface area contributed by atoms with Gasteiger partial charge < -0.3 is 14.5 Å². The molecule has 1 saturated heterocycles. The van der Waals surface area contributed by atoms with Gasteiger partial charge >= 0.3 is 6.09 Å². The number of halogens is 2. The van der Waals surface area contributed by atoms with Crippen LogP contribution in [0.15, 0.2) is 77.8 Å². The molecule has 1 aromatic carbocycles. The lowest BCUT2D eigenvalue weighted by Crippen LogP contribution is -2.54. The number of aliphatic imine (C=N–C) groups is 1. The number of amides is 1. The predicted molar refractivity (Wildman–Crippen MR) is 166 cm³/mol. The second kappa shape index (κ2) is 14.9. The number of benzene rings is 1. The third-order valence-corrected chi connectivity index (χ3v) is 7.23. The summed E-state index contributed by atoms with van der Waals surface area (Å²) in [5, 5.41) is 0. The fourth-order valence-corrected chi connectivity index (χ4v) is 5.30. The number of hydrogen-bond donors (Lipinski definition) is 0. The minimum atomic E-state index is -0.559. The van der Waals surface area contributed by atoms with Crippen LogP contribution in [0.4, 0.5) is 13.6 Å². The molecule has 6 nitrogen and oxygen atoms in total. The summed E-state index contributed by atoms with van der Waals surface area (Å²) in [5.41, 5.74) is 5.10. The van der Waals surface area contributed by atoms with E-state index in [4.69, 9.17) is 9.73 Å². The molecule has 1 fully saturated rings. The Hall–Kier alpha value is -3.81. The second-order valence-corrected chi connectivity index (χ2v) is 11.6. The first-order valence-electron chi connectivity index (χ1n) is 14.6. The molecule has 2 aromatic rings. The van der Waals surface area contributed by atoms with E-state index in [0.29, 0.717) is 38.0 Å². The number of aryl methyl sites for hydroxylation is 1. The standard InChI is InChI=1S/C34H44F2N4O2/c1-8-30(27-14-16-37-17-15-27)32(25(4)39-18-19-40(24(3)23-39)33(41)42-34(5,6)7)31(38-9-2)13-11-10-12-26-20-28(35)22-29(36)21-26/h8-9,14-17,20-22,24H,2,10-13,18-19,23H2,1,3-7H3/b30-8-,32-25+,38-31?. The van der Waals surface area contributed by atoms with Gasteiger partial charge in [-0.2, -0.15) is 0 Å². The smallest absolute Gasteiger partial charge is 0.410 e. The molecule has 42 heavy (non-hydrogen) atoms. The van der Waals surface area contributed by atoms with Crippen molar-refractivity contribution >= 4 is 17.4 Å². The molecule has 0 bridgehead atoms. The second-order valence-electron chi connectivity index (χ2n) is 11.6. The van der Waals surface area contributed by atoms with Crippen LogP contribution in [0.2, 0.25) is 0 Å². The molecule has 0 spiro atoms. The number of allylic oxidation sites excluding steroid dienone is 4. The molecule has 1 aliphatic heterocycles. The molecule has 0 aliphatic carbocycles. The van der Waals surface area contributed by atoms with Gasteiger partial charge in [0.2, 0.25) is 0 Å². The number of unbranched alkanes of at least 4 members (excludes halogenated alkanes) is 1. The van der Waals surface area contributed by atoms with Gasteiger partial charge in [0.05, 0.1) is 0 Å². The minimum Gasteiger partial charge on any atom is -0.444 e. The topological polar surface area (TPSA) is 58.0 Å². The van der Waals surface area contributed by atoms with E-state index < -0.39 is 17.2 Å². The Labute approximate surface area is 249 Å². The van der Waals surface area contributed by atoms with Crippen LogP contribution >= 0.6 is 0 Å². The van der Waals surface area contributed by atoms with Crippen LogP contribution in [0.3, 0.4) is 0 Å². The normalized spacial score (nSPS) is 17.2. The maximum Gasteiger partial charge on any atom is 0.410 e. The SMILES string of the molecule is C=CN=C(CCCCc1cc(F)cc(F)c1)C(/C(=C\C)c1ccncc1)=C(\C)N1CCN(C(=O)OC(C)(C)C)C(C)C1. The van der Waals surface area contributed by atoms with E-state index in [2.05, 4.69) is 29.5 Å². The average molecular weight is 579 g/mol. The molecule has 3 rings (SSSR count). The number of rotatable bonds is 10. The number of hydrogen-bond acceptors (Lipinski definition) is 5. The lowest BCUT2D eigenvalue weighted by molar-refractivity contribution is 0.00495. The van der Waals surface area contributed by atoms with Crippen LogP contribution in [0.25, 0.3) is 5.57 Å². The monoisotopic (exact) mass is 578 g/mol. The summed E-state index contributed by atoms with van der Waals surface area (Å²) >= 11 is 0. The van der Waals surface area contributed by atoms with Crippen LogP contribution in [0.5, 0.6) is 0 Å². The van der Waals surface area contributed by atoms with E-state index in [9.17, 15) is 13.6 Å². The van der Waals surface area contributed by atoms with Crippen LogP contribution < -0.4 is 0 Å². The van der Waals surface area contributed by atoms with Crippen molar-refractivity contribution in [3.8, 4) is 0 Å². The molecule has 1 amide bonds. The van der Waals surface area contributed by atoms with Crippen LogP contribution in [-0.4, -0.2) is 57.9 Å². The van der Waals surface area contributed by atoms with Crippen molar-refractivity contribution < 1.29 is 18.3 Å². The molecule has 1 aliphatic rings. The van der Waals surface area contributed by atoms with Gasteiger partial charge in [-0.3, -0.25) is 9.98 Å². The number of aromatic nitrogens is 1. The fraction of sp³-hybridized carbons (Fsp3) is 0.441. The largest absolute Gasteiger partial charge is 0.444 e. The van der Waals surface area contributed by atoms with Gasteiger partial charge in [-0.25, -0.2) is 13.6 Å². The molecular formula is C34H44F2N4O2. The Morgan fingerprint density at radius 3 is 2.38 bits per heavy atom. The van der Waals surface area contributed by atoms with Gasteiger partial charge in [-0.1, -0.05) is 12.7 Å². The molecule has 1 atom stereocenters. The van der Waals surface area contributed by atoms with Gasteiger partial charge in [-0.15, -0.1) is 0 Å². The lowest BCUT2D eigenvalue weighted by atomic mass is 9.89. The third-order valence-electron chi connectivity index (χ3n) is 7.23. The van der Waals surface area contributed by atoms with Crippen molar-refractivity contribution in [3.63, 3.8) is 0 Å². The van der Waals surface area contributed by atoms with E-state index in [-0.39, 0.29) is 12.1 Å². The number of carbonyl (C=O) groups excluding carboxylic acids is 1. The van der Waals surface area contributed by atoms with E-state index in [1.807, 2.05) is 46.8 Å². The Balaban J connectivity index is 1.89. The van der Waals surface area contributed by atoms with Crippen molar-refractivity contribution in [2.24, 2.45) is 4.99 Å². The van der Waals surface area contributed by atoms with E-state index in [1.165, 1.54) is 12.1 Å². The van der Waals surface area contributed by atoms with E-state index >= 15 is 0 Å². The van der Waals surface area contributed by atoms with Crippen molar-refractivity contribution in [1.82, 2.24) is 14.8 Å². The average Bonchev–Trinajstić information content (AvgIpc) is 2.92. The summed E-state index contributed by atoms with van der Waals surface area (Å²) in [4.78, 5) is 25.9. The minimum absolute atomic E-state index is 0.0498. The highest BCUT2D eigenvalue weighted by Gasteiger charge is 2.32. The molecule has 0 saturated carbocycles. The number of pyridine rings is 1. The maximum absolute atomic E-state index is 13.7. The van der Waals surface area contributed by atoms with Crippen molar-refractivity contribution in [3.05, 3.63) is 95.6 Å². The van der Waals surface area contributed by atoms with E-state index in [0.717, 1.165) is 47.0 Å². The van der Waals surface area contributed by atoms with Gasteiger partial charge in [-0.05, 0) is 108 Å². The van der Waals surface area contributed by atoms with Gasteiger partial charge in [0.25, 0.3) is 0 Å².